The molecular formula is C18H20F3N3O2. The van der Waals surface area contributed by atoms with Crippen molar-refractivity contribution < 1.29 is 22.7 Å². The Kier molecular flexibility index (Phi) is 5.61. The van der Waals surface area contributed by atoms with E-state index in [9.17, 15) is 18.0 Å². The molecule has 8 heteroatoms. The van der Waals surface area contributed by atoms with E-state index in [1.165, 1.54) is 6.07 Å². The van der Waals surface area contributed by atoms with Gasteiger partial charge in [-0.2, -0.15) is 18.3 Å². The van der Waals surface area contributed by atoms with Crippen LogP contribution in [0.2, 0.25) is 0 Å². The number of alkyl halides is 3. The minimum Gasteiger partial charge on any atom is -0.374 e. The third-order valence-electron chi connectivity index (χ3n) is 4.39. The maximum atomic E-state index is 12.8. The van der Waals surface area contributed by atoms with Crippen LogP contribution in [0.1, 0.15) is 23.1 Å². The normalized spacial score (nSPS) is 18.1. The Morgan fingerprint density at radius 2 is 2.19 bits per heavy atom. The predicted octanol–water partition coefficient (Wildman–Crippen LogP) is 2.83. The summed E-state index contributed by atoms with van der Waals surface area (Å²) in [5, 5.41) is 6.55. The van der Waals surface area contributed by atoms with Gasteiger partial charge in [-0.25, -0.2) is 0 Å². The zero-order valence-corrected chi connectivity index (χ0v) is 14.1. The fourth-order valence-corrected chi connectivity index (χ4v) is 3.03. The Labute approximate surface area is 149 Å². The number of carbonyl (C=O) groups excluding carboxylic acids is 1. The molecular weight excluding hydrogens is 347 g/mol. The van der Waals surface area contributed by atoms with Crippen LogP contribution in [0.3, 0.4) is 0 Å². The molecule has 1 saturated heterocycles. The highest BCUT2D eigenvalue weighted by atomic mass is 19.4. The summed E-state index contributed by atoms with van der Waals surface area (Å²) in [6.07, 6.45) is 0.0889. The standard InChI is InChI=1S/C18H20F3N3O2/c19-18(20,21)15-3-1-2-13(8-15)9-16-12-24(6-7-26-16)17(25)5-4-14-10-22-23-11-14/h1-3,8,10-11,16H,4-7,9,12H2,(H,22,23)/t16-/m0/s1. The first-order valence-corrected chi connectivity index (χ1v) is 8.45. The summed E-state index contributed by atoms with van der Waals surface area (Å²) in [5.74, 6) is 0.0172. The third kappa shape index (κ3) is 4.85. The molecule has 1 aromatic carbocycles. The van der Waals surface area contributed by atoms with Gasteiger partial charge in [-0.1, -0.05) is 18.2 Å². The molecule has 0 aliphatic carbocycles. The SMILES string of the molecule is O=C(CCc1cn[nH]c1)N1CCO[C@@H](Cc2cccc(C(F)(F)F)c2)C1. The Morgan fingerprint density at radius 3 is 2.92 bits per heavy atom. The lowest BCUT2D eigenvalue weighted by Gasteiger charge is -2.33. The van der Waals surface area contributed by atoms with E-state index in [0.29, 0.717) is 44.5 Å². The summed E-state index contributed by atoms with van der Waals surface area (Å²) >= 11 is 0. The number of hydrogen-bond donors (Lipinski definition) is 1. The van der Waals surface area contributed by atoms with E-state index < -0.39 is 11.7 Å². The number of halogens is 3. The molecule has 0 spiro atoms. The van der Waals surface area contributed by atoms with Gasteiger partial charge in [0.25, 0.3) is 0 Å². The first kappa shape index (κ1) is 18.4. The van der Waals surface area contributed by atoms with Gasteiger partial charge in [-0.3, -0.25) is 9.89 Å². The largest absolute Gasteiger partial charge is 0.416 e. The number of hydrogen-bond acceptors (Lipinski definition) is 3. The van der Waals surface area contributed by atoms with Crippen molar-refractivity contribution in [1.29, 1.82) is 0 Å². The number of benzene rings is 1. The maximum absolute atomic E-state index is 12.8. The number of carbonyl (C=O) groups is 1. The van der Waals surface area contributed by atoms with Crippen LogP contribution in [0.5, 0.6) is 0 Å². The quantitative estimate of drug-likeness (QED) is 0.884. The fourth-order valence-electron chi connectivity index (χ4n) is 3.03. The lowest BCUT2D eigenvalue weighted by Crippen LogP contribution is -2.46. The minimum atomic E-state index is -4.36. The second kappa shape index (κ2) is 7.90. The summed E-state index contributed by atoms with van der Waals surface area (Å²) in [4.78, 5) is 14.1. The summed E-state index contributed by atoms with van der Waals surface area (Å²) in [5.41, 5.74) is 0.850. The number of H-pyrrole nitrogens is 1. The van der Waals surface area contributed by atoms with Gasteiger partial charge in [0.2, 0.25) is 5.91 Å². The van der Waals surface area contributed by atoms with Crippen molar-refractivity contribution >= 4 is 5.91 Å². The first-order chi connectivity index (χ1) is 12.4. The summed E-state index contributed by atoms with van der Waals surface area (Å²) in [7, 11) is 0. The van der Waals surface area contributed by atoms with Crippen LogP contribution < -0.4 is 0 Å². The van der Waals surface area contributed by atoms with Gasteiger partial charge in [-0.15, -0.1) is 0 Å². The molecule has 3 rings (SSSR count). The van der Waals surface area contributed by atoms with E-state index in [4.69, 9.17) is 4.74 Å². The zero-order valence-electron chi connectivity index (χ0n) is 14.1. The molecule has 140 valence electrons. The van der Waals surface area contributed by atoms with Crippen molar-refractivity contribution in [2.75, 3.05) is 19.7 Å². The Balaban J connectivity index is 1.55. The molecule has 0 unspecified atom stereocenters. The van der Waals surface area contributed by atoms with Crippen molar-refractivity contribution in [2.45, 2.75) is 31.5 Å². The molecule has 1 amide bonds. The van der Waals surface area contributed by atoms with Gasteiger partial charge in [0, 0.05) is 32.1 Å². The summed E-state index contributed by atoms with van der Waals surface area (Å²) < 4.78 is 44.1. The van der Waals surface area contributed by atoms with Crippen molar-refractivity contribution in [3.63, 3.8) is 0 Å². The van der Waals surface area contributed by atoms with Crippen LogP contribution >= 0.6 is 0 Å². The molecule has 2 heterocycles. The molecule has 1 N–H and O–H groups in total. The van der Waals surface area contributed by atoms with Crippen molar-refractivity contribution in [1.82, 2.24) is 15.1 Å². The van der Waals surface area contributed by atoms with E-state index >= 15 is 0 Å². The number of amides is 1. The third-order valence-corrected chi connectivity index (χ3v) is 4.39. The second-order valence-corrected chi connectivity index (χ2v) is 6.34. The summed E-state index contributed by atoms with van der Waals surface area (Å²) in [6.45, 7) is 1.28. The van der Waals surface area contributed by atoms with Crippen molar-refractivity contribution in [3.8, 4) is 0 Å². The molecule has 0 radical (unpaired) electrons. The molecule has 1 aliphatic rings. The van der Waals surface area contributed by atoms with Crippen molar-refractivity contribution in [3.05, 3.63) is 53.3 Å². The van der Waals surface area contributed by atoms with Crippen LogP contribution in [0.4, 0.5) is 13.2 Å². The topological polar surface area (TPSA) is 58.2 Å². The number of rotatable bonds is 5. The van der Waals surface area contributed by atoms with Crippen LogP contribution in [-0.2, 0) is 28.5 Å². The van der Waals surface area contributed by atoms with Crippen LogP contribution in [-0.4, -0.2) is 46.8 Å². The second-order valence-electron chi connectivity index (χ2n) is 6.34. The smallest absolute Gasteiger partial charge is 0.374 e. The zero-order chi connectivity index (χ0) is 18.6. The van der Waals surface area contributed by atoms with Gasteiger partial charge >= 0.3 is 6.18 Å². The van der Waals surface area contributed by atoms with E-state index in [-0.39, 0.29) is 12.0 Å². The van der Waals surface area contributed by atoms with E-state index in [1.807, 2.05) is 0 Å². The molecule has 0 bridgehead atoms. The maximum Gasteiger partial charge on any atom is 0.416 e. The lowest BCUT2D eigenvalue weighted by atomic mass is 10.0. The number of aromatic nitrogens is 2. The molecule has 1 aromatic heterocycles. The minimum absolute atomic E-state index is 0.0172. The van der Waals surface area contributed by atoms with E-state index in [1.54, 1.807) is 23.4 Å². The van der Waals surface area contributed by atoms with Crippen molar-refractivity contribution in [2.24, 2.45) is 0 Å². The van der Waals surface area contributed by atoms with Crippen LogP contribution in [0.25, 0.3) is 0 Å². The molecule has 5 nitrogen and oxygen atoms in total. The highest BCUT2D eigenvalue weighted by Crippen LogP contribution is 2.30. The molecule has 26 heavy (non-hydrogen) atoms. The molecule has 1 aliphatic heterocycles. The van der Waals surface area contributed by atoms with Gasteiger partial charge in [0.15, 0.2) is 0 Å². The number of aromatic amines is 1. The molecule has 0 saturated carbocycles. The Hall–Kier alpha value is -2.35. The highest BCUT2D eigenvalue weighted by molar-refractivity contribution is 5.76. The summed E-state index contributed by atoms with van der Waals surface area (Å²) in [6, 6.07) is 5.24. The average Bonchev–Trinajstić information content (AvgIpc) is 3.13. The monoisotopic (exact) mass is 367 g/mol. The van der Waals surface area contributed by atoms with Gasteiger partial charge in [0.05, 0.1) is 24.5 Å². The van der Waals surface area contributed by atoms with Crippen LogP contribution in [0.15, 0.2) is 36.7 Å². The highest BCUT2D eigenvalue weighted by Gasteiger charge is 2.31. The molecule has 1 atom stereocenters. The average molecular weight is 367 g/mol. The van der Waals surface area contributed by atoms with Crippen LogP contribution in [0, 0.1) is 0 Å². The lowest BCUT2D eigenvalue weighted by molar-refractivity contribution is -0.138. The number of nitrogens with one attached hydrogen (secondary N) is 1. The van der Waals surface area contributed by atoms with Gasteiger partial charge < -0.3 is 9.64 Å². The van der Waals surface area contributed by atoms with E-state index in [2.05, 4.69) is 10.2 Å². The number of morpholine rings is 1. The Morgan fingerprint density at radius 1 is 1.35 bits per heavy atom. The first-order valence-electron chi connectivity index (χ1n) is 8.45. The molecule has 1 fully saturated rings. The number of aryl methyl sites for hydroxylation is 1. The predicted molar refractivity (Wildman–Crippen MR) is 88.4 cm³/mol. The van der Waals surface area contributed by atoms with Gasteiger partial charge in [-0.05, 0) is 23.6 Å². The van der Waals surface area contributed by atoms with E-state index in [0.717, 1.165) is 17.7 Å². The molecule has 2 aromatic rings. The fraction of sp³-hybridized carbons (Fsp3) is 0.444. The Bertz CT molecular complexity index is 732. The number of nitrogens with zero attached hydrogens (tertiary/aromatic N) is 2. The van der Waals surface area contributed by atoms with Gasteiger partial charge in [0.1, 0.15) is 0 Å². The number of ether oxygens (including phenoxy) is 1.